The van der Waals surface area contributed by atoms with Crippen LogP contribution in [-0.2, 0) is 0 Å². The maximum atomic E-state index is 5.73. The van der Waals surface area contributed by atoms with Gasteiger partial charge in [-0.25, -0.2) is 4.98 Å². The van der Waals surface area contributed by atoms with Crippen LogP contribution in [0.15, 0.2) is 18.3 Å². The first-order valence-electron chi connectivity index (χ1n) is 4.17. The lowest BCUT2D eigenvalue weighted by atomic mass is 10.4. The Balaban J connectivity index is 2.28. The van der Waals surface area contributed by atoms with Gasteiger partial charge in [-0.3, -0.25) is 0 Å². The number of nitrogens with one attached hydrogen (secondary N) is 1. The average molecular weight is 217 g/mol. The van der Waals surface area contributed by atoms with Crippen molar-refractivity contribution in [3.63, 3.8) is 0 Å². The molecule has 0 bridgehead atoms. The first kappa shape index (κ1) is 10.7. The Morgan fingerprint density at radius 2 is 2.46 bits per heavy atom. The van der Waals surface area contributed by atoms with Gasteiger partial charge in [0.25, 0.3) is 0 Å². The fraction of sp³-hybridized carbons (Fsp3) is 0.444. The Bertz CT molecular complexity index is 255. The van der Waals surface area contributed by atoms with Gasteiger partial charge in [0, 0.05) is 18.4 Å². The van der Waals surface area contributed by atoms with E-state index in [1.54, 1.807) is 6.20 Å². The number of hydrogen-bond acceptors (Lipinski definition) is 3. The maximum Gasteiger partial charge on any atom is 0.131 e. The molecule has 4 heteroatoms. The number of pyridine rings is 1. The number of thioether (sulfide) groups is 1. The highest BCUT2D eigenvalue weighted by Crippen LogP contribution is 2.11. The van der Waals surface area contributed by atoms with Crippen LogP contribution in [0, 0.1) is 0 Å². The first-order chi connectivity index (χ1) is 6.33. The zero-order valence-electron chi connectivity index (χ0n) is 7.59. The summed E-state index contributed by atoms with van der Waals surface area (Å²) in [4.78, 5) is 3.91. The van der Waals surface area contributed by atoms with Crippen LogP contribution in [0.25, 0.3) is 0 Å². The van der Waals surface area contributed by atoms with Gasteiger partial charge in [-0.1, -0.05) is 11.6 Å². The third-order valence-corrected chi connectivity index (χ3v) is 2.48. The first-order valence-corrected chi connectivity index (χ1v) is 5.94. The fourth-order valence-corrected chi connectivity index (χ4v) is 1.57. The van der Waals surface area contributed by atoms with Gasteiger partial charge >= 0.3 is 0 Å². The van der Waals surface area contributed by atoms with E-state index in [1.165, 1.54) is 12.2 Å². The second-order valence-corrected chi connectivity index (χ2v) is 4.01. The highest BCUT2D eigenvalue weighted by atomic mass is 35.5. The van der Waals surface area contributed by atoms with Crippen LogP contribution >= 0.6 is 23.4 Å². The molecule has 0 radical (unpaired) electrons. The molecule has 0 saturated heterocycles. The van der Waals surface area contributed by atoms with Gasteiger partial charge < -0.3 is 5.32 Å². The third-order valence-electron chi connectivity index (χ3n) is 1.58. The molecule has 0 fully saturated rings. The predicted octanol–water partition coefficient (Wildman–Crippen LogP) is 2.90. The Morgan fingerprint density at radius 3 is 3.15 bits per heavy atom. The van der Waals surface area contributed by atoms with Crippen LogP contribution in [0.4, 0.5) is 5.69 Å². The number of anilines is 1. The van der Waals surface area contributed by atoms with E-state index in [4.69, 9.17) is 11.6 Å². The summed E-state index contributed by atoms with van der Waals surface area (Å²) < 4.78 is 0. The summed E-state index contributed by atoms with van der Waals surface area (Å²) in [6.07, 6.45) is 4.99. The zero-order valence-corrected chi connectivity index (χ0v) is 9.16. The molecule has 0 aromatic carbocycles. The van der Waals surface area contributed by atoms with Crippen LogP contribution in [0.5, 0.6) is 0 Å². The monoisotopic (exact) mass is 216 g/mol. The van der Waals surface area contributed by atoms with Gasteiger partial charge in [0.2, 0.25) is 0 Å². The van der Waals surface area contributed by atoms with Crippen molar-refractivity contribution in [3.8, 4) is 0 Å². The molecule has 1 heterocycles. The van der Waals surface area contributed by atoms with Gasteiger partial charge in [-0.15, -0.1) is 0 Å². The van der Waals surface area contributed by atoms with Crippen LogP contribution in [-0.4, -0.2) is 23.5 Å². The summed E-state index contributed by atoms with van der Waals surface area (Å²) in [5.41, 5.74) is 1.04. The highest BCUT2D eigenvalue weighted by Gasteiger charge is 1.92. The van der Waals surface area contributed by atoms with E-state index in [9.17, 15) is 0 Å². The molecule has 0 aliphatic heterocycles. The quantitative estimate of drug-likeness (QED) is 0.605. The van der Waals surface area contributed by atoms with Crippen molar-refractivity contribution in [2.75, 3.05) is 23.9 Å². The van der Waals surface area contributed by atoms with Crippen LogP contribution < -0.4 is 5.32 Å². The normalized spacial score (nSPS) is 10.0. The standard InChI is InChI=1S/C9H13ClN2S/c1-13-6-2-4-11-8-3-5-12-9(10)7-8/h3,5,7H,2,4,6H2,1H3,(H,11,12). The number of halogens is 1. The van der Waals surface area contributed by atoms with Gasteiger partial charge in [0.15, 0.2) is 0 Å². The largest absolute Gasteiger partial charge is 0.385 e. The molecule has 0 amide bonds. The van der Waals surface area contributed by atoms with Crippen molar-refractivity contribution < 1.29 is 0 Å². The molecule has 0 saturated carbocycles. The van der Waals surface area contributed by atoms with Gasteiger partial charge in [-0.05, 0) is 30.6 Å². The van der Waals surface area contributed by atoms with Gasteiger partial charge in [0.1, 0.15) is 5.15 Å². The second-order valence-electron chi connectivity index (χ2n) is 2.64. The summed E-state index contributed by atoms with van der Waals surface area (Å²) in [5.74, 6) is 1.19. The Labute approximate surface area is 88.1 Å². The molecule has 2 nitrogen and oxygen atoms in total. The molecular weight excluding hydrogens is 204 g/mol. The van der Waals surface area contributed by atoms with Crippen molar-refractivity contribution in [2.45, 2.75) is 6.42 Å². The lowest BCUT2D eigenvalue weighted by Crippen LogP contribution is -2.02. The molecule has 72 valence electrons. The lowest BCUT2D eigenvalue weighted by Gasteiger charge is -2.04. The Hall–Kier alpha value is -0.410. The summed E-state index contributed by atoms with van der Waals surface area (Å²) in [6.45, 7) is 0.987. The number of rotatable bonds is 5. The lowest BCUT2D eigenvalue weighted by molar-refractivity contribution is 0.992. The van der Waals surface area contributed by atoms with Gasteiger partial charge in [0.05, 0.1) is 0 Å². The van der Waals surface area contributed by atoms with Crippen molar-refractivity contribution in [1.29, 1.82) is 0 Å². The van der Waals surface area contributed by atoms with E-state index in [-0.39, 0.29) is 0 Å². The SMILES string of the molecule is CSCCCNc1ccnc(Cl)c1. The number of hydrogen-bond donors (Lipinski definition) is 1. The van der Waals surface area contributed by atoms with Crippen molar-refractivity contribution in [2.24, 2.45) is 0 Å². The van der Waals surface area contributed by atoms with Crippen LogP contribution in [0.2, 0.25) is 5.15 Å². The highest BCUT2D eigenvalue weighted by molar-refractivity contribution is 7.98. The van der Waals surface area contributed by atoms with Crippen LogP contribution in [0.1, 0.15) is 6.42 Å². The van der Waals surface area contributed by atoms with Crippen molar-refractivity contribution >= 4 is 29.1 Å². The van der Waals surface area contributed by atoms with Gasteiger partial charge in [-0.2, -0.15) is 11.8 Å². The fourth-order valence-electron chi connectivity index (χ4n) is 0.962. The summed E-state index contributed by atoms with van der Waals surface area (Å²) in [5, 5.41) is 3.82. The summed E-state index contributed by atoms with van der Waals surface area (Å²) in [6, 6.07) is 3.76. The molecular formula is C9H13ClN2S. The zero-order chi connectivity index (χ0) is 9.52. The molecule has 1 rings (SSSR count). The Kier molecular flexibility index (Phi) is 5.01. The van der Waals surface area contributed by atoms with Crippen molar-refractivity contribution in [3.05, 3.63) is 23.5 Å². The minimum Gasteiger partial charge on any atom is -0.385 e. The predicted molar refractivity (Wildman–Crippen MR) is 60.7 cm³/mol. The molecule has 0 spiro atoms. The molecule has 0 atom stereocenters. The molecule has 0 aliphatic rings. The minimum absolute atomic E-state index is 0.537. The molecule has 1 aromatic rings. The summed E-state index contributed by atoms with van der Waals surface area (Å²) in [7, 11) is 0. The van der Waals surface area contributed by atoms with E-state index < -0.39 is 0 Å². The number of nitrogens with zero attached hydrogens (tertiary/aromatic N) is 1. The molecule has 0 aliphatic carbocycles. The van der Waals surface area contributed by atoms with E-state index in [0.29, 0.717) is 5.15 Å². The number of aromatic nitrogens is 1. The van der Waals surface area contributed by atoms with Crippen molar-refractivity contribution in [1.82, 2.24) is 4.98 Å². The van der Waals surface area contributed by atoms with E-state index in [1.807, 2.05) is 23.9 Å². The third kappa shape index (κ3) is 4.39. The van der Waals surface area contributed by atoms with Crippen LogP contribution in [0.3, 0.4) is 0 Å². The molecule has 0 unspecified atom stereocenters. The molecule has 1 N–H and O–H groups in total. The molecule has 1 aromatic heterocycles. The second kappa shape index (κ2) is 6.11. The summed E-state index contributed by atoms with van der Waals surface area (Å²) >= 11 is 7.59. The van der Waals surface area contributed by atoms with E-state index in [2.05, 4.69) is 16.6 Å². The average Bonchev–Trinajstić information content (AvgIpc) is 2.13. The Morgan fingerprint density at radius 1 is 1.62 bits per heavy atom. The molecule has 13 heavy (non-hydrogen) atoms. The maximum absolute atomic E-state index is 5.73. The topological polar surface area (TPSA) is 24.9 Å². The van der Waals surface area contributed by atoms with E-state index >= 15 is 0 Å². The van der Waals surface area contributed by atoms with E-state index in [0.717, 1.165) is 12.2 Å². The minimum atomic E-state index is 0.537. The smallest absolute Gasteiger partial charge is 0.131 e.